The summed E-state index contributed by atoms with van der Waals surface area (Å²) in [5.74, 6) is 0.298. The van der Waals surface area contributed by atoms with E-state index < -0.39 is 5.82 Å². The van der Waals surface area contributed by atoms with Gasteiger partial charge in [0.25, 0.3) is 0 Å². The molecule has 0 saturated carbocycles. The van der Waals surface area contributed by atoms with Crippen LogP contribution in [0.4, 0.5) is 10.1 Å². The molecule has 6 nitrogen and oxygen atoms in total. The number of ether oxygens (including phenoxy) is 2. The first-order valence-corrected chi connectivity index (χ1v) is 8.76. The summed E-state index contributed by atoms with van der Waals surface area (Å²) in [5.41, 5.74) is 1.26. The lowest BCUT2D eigenvalue weighted by atomic mass is 10.2. The van der Waals surface area contributed by atoms with Gasteiger partial charge in [0, 0.05) is 24.7 Å². The first-order valence-electron chi connectivity index (χ1n) is 8.76. The first kappa shape index (κ1) is 19.4. The number of nitrogens with one attached hydrogen (secondary N) is 1. The van der Waals surface area contributed by atoms with Gasteiger partial charge in [-0.25, -0.2) is 4.39 Å². The molecule has 0 radical (unpaired) electrons. The fourth-order valence-corrected chi connectivity index (χ4v) is 3.08. The zero-order valence-electron chi connectivity index (χ0n) is 15.6. The summed E-state index contributed by atoms with van der Waals surface area (Å²) in [5, 5.41) is 2.81. The molecule has 1 fully saturated rings. The molecule has 2 aromatic carbocycles. The topological polar surface area (TPSA) is 67.9 Å². The largest absolute Gasteiger partial charge is 0.493 e. The predicted octanol–water partition coefficient (Wildman–Crippen LogP) is 2.78. The van der Waals surface area contributed by atoms with Gasteiger partial charge in [-0.3, -0.25) is 9.59 Å². The number of hydrogen-bond donors (Lipinski definition) is 1. The molecule has 1 saturated heterocycles. The normalized spacial score (nSPS) is 16.5. The molecule has 7 heteroatoms. The summed E-state index contributed by atoms with van der Waals surface area (Å²) in [6.07, 6.45) is 3.22. The van der Waals surface area contributed by atoms with Crippen LogP contribution in [-0.2, 0) is 9.59 Å². The van der Waals surface area contributed by atoms with Crippen LogP contribution in [0, 0.1) is 5.82 Å². The van der Waals surface area contributed by atoms with Crippen molar-refractivity contribution in [3.63, 3.8) is 0 Å². The van der Waals surface area contributed by atoms with Crippen LogP contribution >= 0.6 is 0 Å². The van der Waals surface area contributed by atoms with E-state index >= 15 is 0 Å². The minimum absolute atomic E-state index is 0.153. The molecule has 3 rings (SSSR count). The van der Waals surface area contributed by atoms with Gasteiger partial charge < -0.3 is 19.7 Å². The molecule has 0 aliphatic carbocycles. The summed E-state index contributed by atoms with van der Waals surface area (Å²) in [7, 11) is 3.09. The highest BCUT2D eigenvalue weighted by molar-refractivity contribution is 5.98. The highest BCUT2D eigenvalue weighted by Crippen LogP contribution is 2.28. The minimum atomic E-state index is -0.407. The van der Waals surface area contributed by atoms with Crippen molar-refractivity contribution in [1.29, 1.82) is 0 Å². The number of carbonyl (C=O) groups is 2. The van der Waals surface area contributed by atoms with Crippen molar-refractivity contribution in [2.45, 2.75) is 12.5 Å². The zero-order chi connectivity index (χ0) is 20.1. The third kappa shape index (κ3) is 4.49. The van der Waals surface area contributed by atoms with E-state index in [1.165, 1.54) is 23.1 Å². The van der Waals surface area contributed by atoms with Crippen LogP contribution in [0.15, 0.2) is 48.5 Å². The first-order chi connectivity index (χ1) is 13.5. The standard InChI is InChI=1S/C21H21FN2O4/c1-27-18-8-6-14(10-19(18)28-2)7-9-20(25)23-16-12-21(26)24(13-16)17-5-3-4-15(22)11-17/h3-11,16H,12-13H2,1-2H3,(H,23,25). The van der Waals surface area contributed by atoms with Crippen molar-refractivity contribution < 1.29 is 23.5 Å². The SMILES string of the molecule is COc1ccc(C=CC(=O)NC2CC(=O)N(c3cccc(F)c3)C2)cc1OC. The van der Waals surface area contributed by atoms with Crippen molar-refractivity contribution in [1.82, 2.24) is 5.32 Å². The van der Waals surface area contributed by atoms with Crippen LogP contribution in [0.3, 0.4) is 0 Å². The Hall–Kier alpha value is -3.35. The van der Waals surface area contributed by atoms with E-state index in [-0.39, 0.29) is 24.3 Å². The third-order valence-corrected chi connectivity index (χ3v) is 4.43. The van der Waals surface area contributed by atoms with Gasteiger partial charge >= 0.3 is 0 Å². The van der Waals surface area contributed by atoms with Gasteiger partial charge in [-0.05, 0) is 42.0 Å². The van der Waals surface area contributed by atoms with Crippen molar-refractivity contribution >= 4 is 23.6 Å². The van der Waals surface area contributed by atoms with Crippen LogP contribution in [0.2, 0.25) is 0 Å². The zero-order valence-corrected chi connectivity index (χ0v) is 15.6. The van der Waals surface area contributed by atoms with Crippen LogP contribution in [-0.4, -0.2) is 38.6 Å². The molecule has 1 unspecified atom stereocenters. The molecule has 2 amide bonds. The monoisotopic (exact) mass is 384 g/mol. The molecule has 1 N–H and O–H groups in total. The lowest BCUT2D eigenvalue weighted by molar-refractivity contribution is -0.117. The highest BCUT2D eigenvalue weighted by Gasteiger charge is 2.31. The minimum Gasteiger partial charge on any atom is -0.493 e. The summed E-state index contributed by atoms with van der Waals surface area (Å²) < 4.78 is 23.8. The average molecular weight is 384 g/mol. The van der Waals surface area contributed by atoms with Gasteiger partial charge in [-0.15, -0.1) is 0 Å². The molecule has 1 heterocycles. The Morgan fingerprint density at radius 2 is 1.96 bits per heavy atom. The Bertz CT molecular complexity index is 913. The third-order valence-electron chi connectivity index (χ3n) is 4.43. The van der Waals surface area contributed by atoms with E-state index in [0.717, 1.165) is 5.56 Å². The molecule has 0 spiro atoms. The van der Waals surface area contributed by atoms with Gasteiger partial charge in [0.1, 0.15) is 5.82 Å². The van der Waals surface area contributed by atoms with E-state index in [1.807, 2.05) is 0 Å². The number of rotatable bonds is 6. The smallest absolute Gasteiger partial charge is 0.244 e. The van der Waals surface area contributed by atoms with E-state index in [4.69, 9.17) is 9.47 Å². The quantitative estimate of drug-likeness (QED) is 0.778. The van der Waals surface area contributed by atoms with Crippen LogP contribution in [0.5, 0.6) is 11.5 Å². The average Bonchev–Trinajstić information content (AvgIpc) is 3.06. The molecule has 1 aliphatic heterocycles. The van der Waals surface area contributed by atoms with Gasteiger partial charge in [-0.2, -0.15) is 0 Å². The fraction of sp³-hybridized carbons (Fsp3) is 0.238. The number of halogens is 1. The molecule has 0 aromatic heterocycles. The molecular formula is C21H21FN2O4. The predicted molar refractivity (Wildman–Crippen MR) is 104 cm³/mol. The highest BCUT2D eigenvalue weighted by atomic mass is 19.1. The van der Waals surface area contributed by atoms with E-state index in [0.29, 0.717) is 23.7 Å². The summed E-state index contributed by atoms with van der Waals surface area (Å²) in [4.78, 5) is 25.9. The summed E-state index contributed by atoms with van der Waals surface area (Å²) in [6, 6.07) is 10.8. The van der Waals surface area contributed by atoms with Crippen LogP contribution in [0.1, 0.15) is 12.0 Å². The molecule has 2 aromatic rings. The fourth-order valence-electron chi connectivity index (χ4n) is 3.08. The van der Waals surface area contributed by atoms with Crippen LogP contribution in [0.25, 0.3) is 6.08 Å². The molecule has 146 valence electrons. The number of anilines is 1. The molecule has 1 aliphatic rings. The second kappa shape index (κ2) is 8.56. The number of methoxy groups -OCH3 is 2. The lowest BCUT2D eigenvalue weighted by Gasteiger charge is -2.17. The number of benzene rings is 2. The van der Waals surface area contributed by atoms with E-state index in [1.54, 1.807) is 50.6 Å². The van der Waals surface area contributed by atoms with Gasteiger partial charge in [0.05, 0.1) is 20.3 Å². The van der Waals surface area contributed by atoms with E-state index in [9.17, 15) is 14.0 Å². The lowest BCUT2D eigenvalue weighted by Crippen LogP contribution is -2.36. The molecule has 0 bridgehead atoms. The van der Waals surface area contributed by atoms with Crippen molar-refractivity contribution in [2.75, 3.05) is 25.7 Å². The van der Waals surface area contributed by atoms with Gasteiger partial charge in [-0.1, -0.05) is 12.1 Å². The van der Waals surface area contributed by atoms with Gasteiger partial charge in [0.15, 0.2) is 11.5 Å². The maximum Gasteiger partial charge on any atom is 0.244 e. The van der Waals surface area contributed by atoms with Crippen molar-refractivity contribution in [2.24, 2.45) is 0 Å². The summed E-state index contributed by atoms with van der Waals surface area (Å²) >= 11 is 0. The van der Waals surface area contributed by atoms with E-state index in [2.05, 4.69) is 5.32 Å². The van der Waals surface area contributed by atoms with Crippen molar-refractivity contribution in [3.8, 4) is 11.5 Å². The Morgan fingerprint density at radius 1 is 1.18 bits per heavy atom. The second-order valence-electron chi connectivity index (χ2n) is 6.34. The number of amides is 2. The molecule has 28 heavy (non-hydrogen) atoms. The van der Waals surface area contributed by atoms with Crippen molar-refractivity contribution in [3.05, 3.63) is 59.9 Å². The number of nitrogens with zero attached hydrogens (tertiary/aromatic N) is 1. The number of carbonyl (C=O) groups excluding carboxylic acids is 2. The van der Waals surface area contributed by atoms with Gasteiger partial charge in [0.2, 0.25) is 11.8 Å². The summed E-state index contributed by atoms with van der Waals surface area (Å²) in [6.45, 7) is 0.304. The Morgan fingerprint density at radius 3 is 2.68 bits per heavy atom. The number of hydrogen-bond acceptors (Lipinski definition) is 4. The Balaban J connectivity index is 1.61. The maximum atomic E-state index is 13.4. The maximum absolute atomic E-state index is 13.4. The molecular weight excluding hydrogens is 363 g/mol. The Kier molecular flexibility index (Phi) is 5.93. The second-order valence-corrected chi connectivity index (χ2v) is 6.34. The Labute approximate surface area is 162 Å². The molecule has 1 atom stereocenters. The van der Waals surface area contributed by atoms with Crippen LogP contribution < -0.4 is 19.7 Å².